The van der Waals surface area contributed by atoms with E-state index in [0.717, 1.165) is 24.0 Å². The highest BCUT2D eigenvalue weighted by Crippen LogP contribution is 2.35. The Hall–Kier alpha value is -0.683. The van der Waals surface area contributed by atoms with Crippen LogP contribution >= 0.6 is 0 Å². The van der Waals surface area contributed by atoms with E-state index in [1.807, 2.05) is 6.92 Å². The molecule has 0 saturated heterocycles. The van der Waals surface area contributed by atoms with Crippen molar-refractivity contribution in [2.24, 2.45) is 0 Å². The molecular formula is C13H24O3Si. The molecular weight excluding hydrogens is 232 g/mol. The van der Waals surface area contributed by atoms with Crippen molar-refractivity contribution in [3.05, 3.63) is 37.0 Å². The Kier molecular flexibility index (Phi) is 7.30. The molecule has 98 valence electrons. The van der Waals surface area contributed by atoms with Crippen LogP contribution in [-0.4, -0.2) is 30.1 Å². The Bertz CT molecular complexity index is 274. The predicted molar refractivity (Wildman–Crippen MR) is 73.9 cm³/mol. The van der Waals surface area contributed by atoms with Gasteiger partial charge in [0.1, 0.15) is 0 Å². The Balaban J connectivity index is 4.87. The zero-order chi connectivity index (χ0) is 13.5. The van der Waals surface area contributed by atoms with E-state index in [1.165, 1.54) is 0 Å². The molecule has 0 heterocycles. The van der Waals surface area contributed by atoms with Crippen LogP contribution in [0.25, 0.3) is 0 Å². The standard InChI is InChI=1S/C13H24O3Si/c1-8-12(4)9-10-13(11(2)3)17(14-5,15-6)16-7/h8,13H,1-2,4,9-10H2,3,5-7H3. The Morgan fingerprint density at radius 2 is 1.65 bits per heavy atom. The first-order valence-electron chi connectivity index (χ1n) is 5.58. The molecule has 0 aromatic heterocycles. The van der Waals surface area contributed by atoms with Crippen molar-refractivity contribution >= 4 is 8.80 Å². The second kappa shape index (κ2) is 7.61. The molecule has 0 N–H and O–H groups in total. The highest BCUT2D eigenvalue weighted by molar-refractivity contribution is 6.63. The third kappa shape index (κ3) is 4.24. The minimum absolute atomic E-state index is 0.0826. The Morgan fingerprint density at radius 3 is 1.94 bits per heavy atom. The van der Waals surface area contributed by atoms with E-state index in [-0.39, 0.29) is 5.54 Å². The van der Waals surface area contributed by atoms with Gasteiger partial charge in [-0.15, -0.1) is 0 Å². The van der Waals surface area contributed by atoms with Gasteiger partial charge in [-0.2, -0.15) is 0 Å². The molecule has 0 radical (unpaired) electrons. The van der Waals surface area contributed by atoms with Crippen LogP contribution in [0.15, 0.2) is 37.0 Å². The Morgan fingerprint density at radius 1 is 1.18 bits per heavy atom. The van der Waals surface area contributed by atoms with E-state index in [0.29, 0.717) is 0 Å². The van der Waals surface area contributed by atoms with Gasteiger partial charge >= 0.3 is 8.80 Å². The van der Waals surface area contributed by atoms with Gasteiger partial charge in [0.05, 0.1) is 5.54 Å². The quantitative estimate of drug-likeness (QED) is 0.360. The zero-order valence-electron chi connectivity index (χ0n) is 11.4. The summed E-state index contributed by atoms with van der Waals surface area (Å²) in [5.41, 5.74) is 2.10. The summed E-state index contributed by atoms with van der Waals surface area (Å²) >= 11 is 0. The second-order valence-corrected chi connectivity index (χ2v) is 7.14. The Labute approximate surface area is 106 Å². The molecule has 1 unspecified atom stereocenters. The topological polar surface area (TPSA) is 27.7 Å². The molecule has 0 rings (SSSR count). The highest BCUT2D eigenvalue weighted by Gasteiger charge is 2.47. The highest BCUT2D eigenvalue weighted by atomic mass is 28.4. The molecule has 17 heavy (non-hydrogen) atoms. The van der Waals surface area contributed by atoms with E-state index < -0.39 is 8.80 Å². The average Bonchev–Trinajstić information content (AvgIpc) is 2.34. The van der Waals surface area contributed by atoms with Gasteiger partial charge in [0.15, 0.2) is 0 Å². The third-order valence-corrected chi connectivity index (χ3v) is 6.26. The molecule has 0 amide bonds. The summed E-state index contributed by atoms with van der Waals surface area (Å²) < 4.78 is 16.5. The van der Waals surface area contributed by atoms with Crippen LogP contribution in [0.4, 0.5) is 0 Å². The fraction of sp³-hybridized carbons (Fsp3) is 0.538. The van der Waals surface area contributed by atoms with Crippen molar-refractivity contribution in [2.45, 2.75) is 25.3 Å². The first-order valence-corrected chi connectivity index (χ1v) is 7.38. The SMILES string of the molecule is C=CC(=C)CCC(C(=C)C)[Si](OC)(OC)OC. The zero-order valence-corrected chi connectivity index (χ0v) is 12.4. The third-order valence-electron chi connectivity index (χ3n) is 2.92. The van der Waals surface area contributed by atoms with Gasteiger partial charge < -0.3 is 13.3 Å². The van der Waals surface area contributed by atoms with Crippen molar-refractivity contribution < 1.29 is 13.3 Å². The molecule has 4 heteroatoms. The first kappa shape index (κ1) is 16.3. The fourth-order valence-corrected chi connectivity index (χ4v) is 4.29. The molecule has 3 nitrogen and oxygen atoms in total. The molecule has 0 aliphatic heterocycles. The van der Waals surface area contributed by atoms with E-state index >= 15 is 0 Å². The van der Waals surface area contributed by atoms with Crippen LogP contribution < -0.4 is 0 Å². The van der Waals surface area contributed by atoms with Crippen molar-refractivity contribution in [1.29, 1.82) is 0 Å². The number of hydrogen-bond acceptors (Lipinski definition) is 3. The summed E-state index contributed by atoms with van der Waals surface area (Å²) in [7, 11) is 2.20. The van der Waals surface area contributed by atoms with Crippen LogP contribution in [0.3, 0.4) is 0 Å². The van der Waals surface area contributed by atoms with Gasteiger partial charge in [-0.1, -0.05) is 37.0 Å². The van der Waals surface area contributed by atoms with Gasteiger partial charge in [0.2, 0.25) is 0 Å². The lowest BCUT2D eigenvalue weighted by Gasteiger charge is -2.33. The van der Waals surface area contributed by atoms with Gasteiger partial charge in [0, 0.05) is 21.3 Å². The molecule has 1 atom stereocenters. The maximum absolute atomic E-state index is 5.50. The lowest BCUT2D eigenvalue weighted by molar-refractivity contribution is 0.114. The molecule has 0 fully saturated rings. The van der Waals surface area contributed by atoms with Crippen molar-refractivity contribution in [3.63, 3.8) is 0 Å². The molecule has 0 saturated carbocycles. The van der Waals surface area contributed by atoms with Crippen molar-refractivity contribution in [2.75, 3.05) is 21.3 Å². The van der Waals surface area contributed by atoms with E-state index in [1.54, 1.807) is 27.4 Å². The van der Waals surface area contributed by atoms with Crippen LogP contribution in [0.1, 0.15) is 19.8 Å². The summed E-state index contributed by atoms with van der Waals surface area (Å²) in [6.45, 7) is 13.6. The molecule has 0 aliphatic carbocycles. The molecule has 0 aromatic carbocycles. The van der Waals surface area contributed by atoms with Crippen LogP contribution in [0.5, 0.6) is 0 Å². The lowest BCUT2D eigenvalue weighted by atomic mass is 10.1. The minimum Gasteiger partial charge on any atom is -0.376 e. The maximum atomic E-state index is 5.50. The summed E-state index contributed by atoms with van der Waals surface area (Å²) in [6, 6.07) is 0. The van der Waals surface area contributed by atoms with Gasteiger partial charge in [0.25, 0.3) is 0 Å². The molecule has 0 spiro atoms. The number of allylic oxidation sites excluding steroid dienone is 3. The average molecular weight is 256 g/mol. The first-order chi connectivity index (χ1) is 7.97. The van der Waals surface area contributed by atoms with E-state index in [9.17, 15) is 0 Å². The maximum Gasteiger partial charge on any atom is 0.507 e. The van der Waals surface area contributed by atoms with Gasteiger partial charge in [-0.05, 0) is 19.8 Å². The molecule has 0 aromatic rings. The smallest absolute Gasteiger partial charge is 0.376 e. The predicted octanol–water partition coefficient (Wildman–Crippen LogP) is 3.33. The number of rotatable bonds is 9. The van der Waals surface area contributed by atoms with Gasteiger partial charge in [-0.3, -0.25) is 0 Å². The summed E-state index contributed by atoms with van der Waals surface area (Å²) in [5.74, 6) is 0. The van der Waals surface area contributed by atoms with Gasteiger partial charge in [-0.25, -0.2) is 0 Å². The molecule has 0 bridgehead atoms. The van der Waals surface area contributed by atoms with Crippen LogP contribution in [0, 0.1) is 0 Å². The van der Waals surface area contributed by atoms with Crippen molar-refractivity contribution in [1.82, 2.24) is 0 Å². The van der Waals surface area contributed by atoms with E-state index in [4.69, 9.17) is 13.3 Å². The van der Waals surface area contributed by atoms with Crippen LogP contribution in [-0.2, 0) is 13.3 Å². The normalized spacial score (nSPS) is 13.2. The minimum atomic E-state index is -2.66. The lowest BCUT2D eigenvalue weighted by Crippen LogP contribution is -2.48. The number of hydrogen-bond donors (Lipinski definition) is 0. The van der Waals surface area contributed by atoms with Crippen LogP contribution in [0.2, 0.25) is 5.54 Å². The largest absolute Gasteiger partial charge is 0.507 e. The van der Waals surface area contributed by atoms with E-state index in [2.05, 4.69) is 19.7 Å². The van der Waals surface area contributed by atoms with Crippen molar-refractivity contribution in [3.8, 4) is 0 Å². The summed E-state index contributed by atoms with van der Waals surface area (Å²) in [6.07, 6.45) is 3.46. The monoisotopic (exact) mass is 256 g/mol. The fourth-order valence-electron chi connectivity index (χ4n) is 1.83. The second-order valence-electron chi connectivity index (χ2n) is 4.02. The molecule has 0 aliphatic rings. The summed E-state index contributed by atoms with van der Waals surface area (Å²) in [5, 5.41) is 0. The summed E-state index contributed by atoms with van der Waals surface area (Å²) in [4.78, 5) is 0.